The van der Waals surface area contributed by atoms with Crippen LogP contribution in [0.5, 0.6) is 11.8 Å². The van der Waals surface area contributed by atoms with Crippen molar-refractivity contribution in [1.82, 2.24) is 29.9 Å². The highest BCUT2D eigenvalue weighted by atomic mass is 16.5. The van der Waals surface area contributed by atoms with Gasteiger partial charge in [-0.1, -0.05) is 6.07 Å². The fourth-order valence-corrected chi connectivity index (χ4v) is 3.56. The molecule has 32 heavy (non-hydrogen) atoms. The molecule has 0 bridgehead atoms. The van der Waals surface area contributed by atoms with Gasteiger partial charge >= 0.3 is 6.01 Å². The molecule has 4 heterocycles. The van der Waals surface area contributed by atoms with Crippen LogP contribution in [0.15, 0.2) is 48.3 Å². The third-order valence-electron chi connectivity index (χ3n) is 5.29. The van der Waals surface area contributed by atoms with Crippen LogP contribution in [0.25, 0.3) is 22.6 Å². The lowest BCUT2D eigenvalue weighted by atomic mass is 10.1. The average Bonchev–Trinajstić information content (AvgIpc) is 3.42. The van der Waals surface area contributed by atoms with Crippen molar-refractivity contribution in [2.24, 2.45) is 0 Å². The van der Waals surface area contributed by atoms with Crippen molar-refractivity contribution in [1.29, 1.82) is 0 Å². The van der Waals surface area contributed by atoms with Gasteiger partial charge in [0.1, 0.15) is 5.75 Å². The van der Waals surface area contributed by atoms with Crippen molar-refractivity contribution in [2.45, 2.75) is 25.3 Å². The van der Waals surface area contributed by atoms with Gasteiger partial charge in [-0.25, -0.2) is 0 Å². The van der Waals surface area contributed by atoms with Crippen molar-refractivity contribution in [3.8, 4) is 11.8 Å². The number of imide groups is 1. The largest absolute Gasteiger partial charge is 0.424 e. The van der Waals surface area contributed by atoms with Crippen LogP contribution in [-0.4, -0.2) is 42.4 Å². The molecular formula is C22H17N7O3. The summed E-state index contributed by atoms with van der Waals surface area (Å²) in [6, 6.07) is 9.85. The van der Waals surface area contributed by atoms with Gasteiger partial charge in [0.15, 0.2) is 5.65 Å². The molecule has 10 heteroatoms. The number of nitrogens with zero attached hydrogens (tertiary/aromatic N) is 5. The first-order chi connectivity index (χ1) is 15.6. The summed E-state index contributed by atoms with van der Waals surface area (Å²) in [6.45, 7) is 0. The Kier molecular flexibility index (Phi) is 4.10. The molecule has 158 valence electrons. The number of benzene rings is 1. The minimum atomic E-state index is -0.402. The fraction of sp³-hybridized carbons (Fsp3) is 0.182. The van der Waals surface area contributed by atoms with E-state index in [1.165, 1.54) is 0 Å². The van der Waals surface area contributed by atoms with Gasteiger partial charge in [0.25, 0.3) is 5.91 Å². The zero-order valence-electron chi connectivity index (χ0n) is 16.8. The summed E-state index contributed by atoms with van der Waals surface area (Å²) < 4.78 is 7.56. The van der Waals surface area contributed by atoms with Crippen molar-refractivity contribution in [3.05, 3.63) is 53.9 Å². The summed E-state index contributed by atoms with van der Waals surface area (Å²) in [5.74, 6) is 0.359. The minimum absolute atomic E-state index is 0.0307. The molecule has 0 unspecified atom stereocenters. The van der Waals surface area contributed by atoms with Gasteiger partial charge in [-0.05, 0) is 43.2 Å². The summed E-state index contributed by atoms with van der Waals surface area (Å²) in [7, 11) is 0. The molecule has 2 aliphatic rings. The third-order valence-corrected chi connectivity index (χ3v) is 5.29. The number of amides is 2. The van der Waals surface area contributed by atoms with Gasteiger partial charge in [-0.15, -0.1) is 0 Å². The predicted octanol–water partition coefficient (Wildman–Crippen LogP) is 2.47. The molecule has 2 N–H and O–H groups in total. The maximum absolute atomic E-state index is 12.0. The van der Waals surface area contributed by atoms with Crippen LogP contribution in [0.2, 0.25) is 0 Å². The van der Waals surface area contributed by atoms with Crippen molar-refractivity contribution in [3.63, 3.8) is 0 Å². The van der Waals surface area contributed by atoms with E-state index in [4.69, 9.17) is 4.74 Å². The lowest BCUT2D eigenvalue weighted by Gasteiger charge is -2.10. The Morgan fingerprint density at radius 3 is 2.91 bits per heavy atom. The molecule has 1 saturated heterocycles. The summed E-state index contributed by atoms with van der Waals surface area (Å²) in [4.78, 5) is 36.9. The highest BCUT2D eigenvalue weighted by Crippen LogP contribution is 2.28. The van der Waals surface area contributed by atoms with Crippen molar-refractivity contribution >= 4 is 40.4 Å². The van der Waals surface area contributed by atoms with Gasteiger partial charge < -0.3 is 10.1 Å². The topological polar surface area (TPSA) is 123 Å². The second-order valence-electron chi connectivity index (χ2n) is 7.77. The number of anilines is 1. The molecule has 0 atom stereocenters. The summed E-state index contributed by atoms with van der Waals surface area (Å²) in [5, 5.41) is 10.9. The molecule has 10 nitrogen and oxygen atoms in total. The molecular weight excluding hydrogens is 410 g/mol. The van der Waals surface area contributed by atoms with E-state index in [0.29, 0.717) is 34.5 Å². The van der Waals surface area contributed by atoms with Crippen LogP contribution in [-0.2, 0) is 9.59 Å². The number of aromatic nitrogens is 5. The van der Waals surface area contributed by atoms with E-state index in [2.05, 4.69) is 30.7 Å². The van der Waals surface area contributed by atoms with Crippen LogP contribution in [0, 0.1) is 0 Å². The van der Waals surface area contributed by atoms with Crippen LogP contribution in [0.3, 0.4) is 0 Å². The normalized spacial score (nSPS) is 17.3. The number of carbonyl (C=O) groups excluding carboxylic acids is 2. The predicted molar refractivity (Wildman–Crippen MR) is 115 cm³/mol. The van der Waals surface area contributed by atoms with Crippen molar-refractivity contribution in [2.75, 3.05) is 5.32 Å². The van der Waals surface area contributed by atoms with E-state index < -0.39 is 5.91 Å². The number of fused-ring (bicyclic) bond motifs is 2. The molecule has 0 spiro atoms. The first-order valence-corrected chi connectivity index (χ1v) is 10.2. The number of carbonyl (C=O) groups is 2. The number of rotatable bonds is 5. The molecule has 1 aliphatic carbocycles. The van der Waals surface area contributed by atoms with E-state index in [1.54, 1.807) is 23.0 Å². The maximum Gasteiger partial charge on any atom is 0.327 e. The van der Waals surface area contributed by atoms with Gasteiger partial charge in [0, 0.05) is 28.8 Å². The molecule has 2 fully saturated rings. The second kappa shape index (κ2) is 7.12. The molecule has 1 saturated carbocycles. The molecule has 3 aromatic heterocycles. The van der Waals surface area contributed by atoms with E-state index in [9.17, 15) is 9.59 Å². The Morgan fingerprint density at radius 1 is 1.19 bits per heavy atom. The van der Waals surface area contributed by atoms with E-state index >= 15 is 0 Å². The standard InChI is InChI=1S/C22H17N7O3/c30-18-10-13(20(31)26-18)8-14-11-24-29-19(14)27-22(28-21(29)25-15-3-4-15)32-16-5-6-17-12(9-16)2-1-7-23-17/h1-2,5-9,11,15H,3-4,10H2,(H,25,27,28)(H,26,30,31)/b13-8+. The molecule has 0 radical (unpaired) electrons. The van der Waals surface area contributed by atoms with Gasteiger partial charge in [0.05, 0.1) is 18.1 Å². The first kappa shape index (κ1) is 18.4. The van der Waals surface area contributed by atoms with Gasteiger partial charge in [-0.2, -0.15) is 19.6 Å². The zero-order chi connectivity index (χ0) is 21.7. The summed E-state index contributed by atoms with van der Waals surface area (Å²) in [5.41, 5.74) is 2.30. The Morgan fingerprint density at radius 2 is 2.09 bits per heavy atom. The van der Waals surface area contributed by atoms with Crippen LogP contribution < -0.4 is 15.4 Å². The number of pyridine rings is 1. The third kappa shape index (κ3) is 3.41. The number of hydrogen-bond donors (Lipinski definition) is 2. The maximum atomic E-state index is 12.0. The lowest BCUT2D eigenvalue weighted by Crippen LogP contribution is -2.19. The van der Waals surface area contributed by atoms with Crippen LogP contribution in [0.1, 0.15) is 24.8 Å². The SMILES string of the molecule is O=C1C/C(=C\c2cnn3c(NC4CC4)nc(Oc4ccc5ncccc5c4)nc23)C(=O)N1. The number of ether oxygens (including phenoxy) is 1. The average molecular weight is 427 g/mol. The summed E-state index contributed by atoms with van der Waals surface area (Å²) in [6.07, 6.45) is 7.10. The summed E-state index contributed by atoms with van der Waals surface area (Å²) >= 11 is 0. The monoisotopic (exact) mass is 427 g/mol. The van der Waals surface area contributed by atoms with Gasteiger partial charge in [-0.3, -0.25) is 19.9 Å². The Balaban J connectivity index is 1.42. The lowest BCUT2D eigenvalue weighted by molar-refractivity contribution is -0.124. The zero-order valence-corrected chi connectivity index (χ0v) is 16.8. The van der Waals surface area contributed by atoms with Gasteiger partial charge in [0.2, 0.25) is 11.9 Å². The fourth-order valence-electron chi connectivity index (χ4n) is 3.56. The Bertz CT molecular complexity index is 1440. The number of hydrogen-bond acceptors (Lipinski definition) is 8. The quantitative estimate of drug-likeness (QED) is 0.368. The molecule has 6 rings (SSSR count). The molecule has 4 aromatic rings. The highest BCUT2D eigenvalue weighted by molar-refractivity contribution is 6.15. The molecule has 2 amide bonds. The highest BCUT2D eigenvalue weighted by Gasteiger charge is 2.26. The molecule has 1 aromatic carbocycles. The van der Waals surface area contributed by atoms with E-state index in [0.717, 1.165) is 23.7 Å². The number of nitrogens with one attached hydrogen (secondary N) is 2. The Hall–Kier alpha value is -4.34. The second-order valence-corrected chi connectivity index (χ2v) is 7.77. The van der Waals surface area contributed by atoms with E-state index in [-0.39, 0.29) is 18.3 Å². The smallest absolute Gasteiger partial charge is 0.327 e. The van der Waals surface area contributed by atoms with Crippen molar-refractivity contribution < 1.29 is 14.3 Å². The minimum Gasteiger partial charge on any atom is -0.424 e. The van der Waals surface area contributed by atoms with E-state index in [1.807, 2.05) is 30.3 Å². The van der Waals surface area contributed by atoms with Crippen LogP contribution in [0.4, 0.5) is 5.95 Å². The van der Waals surface area contributed by atoms with Crippen LogP contribution >= 0.6 is 0 Å². The Labute approximate surface area is 181 Å². The molecule has 1 aliphatic heterocycles. The first-order valence-electron chi connectivity index (χ1n) is 10.2.